The quantitative estimate of drug-likeness (QED) is 0.589. The highest BCUT2D eigenvalue weighted by Crippen LogP contribution is 2.61. The van der Waals surface area contributed by atoms with Gasteiger partial charge in [0.2, 0.25) is 0 Å². The second kappa shape index (κ2) is 4.49. The van der Waals surface area contributed by atoms with Crippen LogP contribution in [-0.4, -0.2) is 0 Å². The molecule has 0 aliphatic heterocycles. The summed E-state index contributed by atoms with van der Waals surface area (Å²) in [7, 11) is 0. The molecule has 1 aromatic rings. The third-order valence-electron chi connectivity index (χ3n) is 5.53. The molecule has 3 heteroatoms. The first-order valence-corrected chi connectivity index (χ1v) is 9.20. The molecule has 98 valence electrons. The second-order valence-electron chi connectivity index (χ2n) is 6.54. The average Bonchev–Trinajstić information content (AvgIpc) is 2.73. The van der Waals surface area contributed by atoms with Crippen molar-refractivity contribution in [2.24, 2.45) is 29.6 Å². The predicted octanol–water partition coefficient (Wildman–Crippen LogP) is 5.86. The molecule has 0 aromatic carbocycles. The SMILES string of the molecule is ClC(c1sccc1Br)C1C2CC3CC(C2)CC1C3. The Hall–Kier alpha value is 0.470. The van der Waals surface area contributed by atoms with Crippen LogP contribution in [0.4, 0.5) is 0 Å². The van der Waals surface area contributed by atoms with Crippen molar-refractivity contribution < 1.29 is 0 Å². The van der Waals surface area contributed by atoms with Gasteiger partial charge in [0.25, 0.3) is 0 Å². The van der Waals surface area contributed by atoms with Gasteiger partial charge in [-0.15, -0.1) is 22.9 Å². The first-order chi connectivity index (χ1) is 8.72. The average molecular weight is 346 g/mol. The van der Waals surface area contributed by atoms with Crippen molar-refractivity contribution in [3.05, 3.63) is 20.8 Å². The van der Waals surface area contributed by atoms with Crippen LogP contribution in [0.2, 0.25) is 0 Å². The topological polar surface area (TPSA) is 0 Å². The summed E-state index contributed by atoms with van der Waals surface area (Å²) in [6.45, 7) is 0. The molecule has 0 spiro atoms. The van der Waals surface area contributed by atoms with E-state index >= 15 is 0 Å². The largest absolute Gasteiger partial charge is 0.146 e. The molecule has 1 heterocycles. The van der Waals surface area contributed by atoms with Gasteiger partial charge in [0.05, 0.1) is 5.38 Å². The Balaban J connectivity index is 1.63. The van der Waals surface area contributed by atoms with Crippen LogP contribution in [0, 0.1) is 29.6 Å². The number of alkyl halides is 1. The highest BCUT2D eigenvalue weighted by Gasteiger charge is 2.50. The molecule has 1 unspecified atom stereocenters. The Kier molecular flexibility index (Phi) is 3.05. The second-order valence-corrected chi connectivity index (χ2v) is 8.81. The van der Waals surface area contributed by atoms with Gasteiger partial charge in [-0.05, 0) is 89.1 Å². The van der Waals surface area contributed by atoms with E-state index in [1.54, 1.807) is 0 Å². The molecule has 4 fully saturated rings. The van der Waals surface area contributed by atoms with Crippen LogP contribution in [-0.2, 0) is 0 Å². The van der Waals surface area contributed by atoms with Crippen molar-refractivity contribution in [1.82, 2.24) is 0 Å². The highest BCUT2D eigenvalue weighted by atomic mass is 79.9. The van der Waals surface area contributed by atoms with Crippen molar-refractivity contribution in [2.45, 2.75) is 37.5 Å². The van der Waals surface area contributed by atoms with Crippen LogP contribution in [0.1, 0.15) is 42.4 Å². The maximum Gasteiger partial charge on any atom is 0.0723 e. The molecule has 4 bridgehead atoms. The van der Waals surface area contributed by atoms with Crippen molar-refractivity contribution >= 4 is 38.9 Å². The van der Waals surface area contributed by atoms with Crippen molar-refractivity contribution in [2.75, 3.05) is 0 Å². The van der Waals surface area contributed by atoms with E-state index in [1.807, 2.05) is 11.3 Å². The van der Waals surface area contributed by atoms with E-state index in [0.717, 1.165) is 29.6 Å². The van der Waals surface area contributed by atoms with Gasteiger partial charge in [-0.25, -0.2) is 0 Å². The van der Waals surface area contributed by atoms with Crippen LogP contribution in [0.5, 0.6) is 0 Å². The molecule has 1 atom stereocenters. The number of rotatable bonds is 2. The standard InChI is InChI=1S/C15H18BrClS/c16-12-1-2-18-15(12)14(17)13-10-4-8-3-9(6-10)7-11(13)5-8/h1-2,8-11,13-14H,3-7H2. The predicted molar refractivity (Wildman–Crippen MR) is 81.1 cm³/mol. The summed E-state index contributed by atoms with van der Waals surface area (Å²) in [5, 5.41) is 2.40. The normalized spacial score (nSPS) is 43.3. The summed E-state index contributed by atoms with van der Waals surface area (Å²) in [6, 6.07) is 2.14. The molecule has 1 aromatic heterocycles. The lowest BCUT2D eigenvalue weighted by molar-refractivity contribution is -0.0378. The van der Waals surface area contributed by atoms with Gasteiger partial charge >= 0.3 is 0 Å². The zero-order valence-corrected chi connectivity index (χ0v) is 13.5. The van der Waals surface area contributed by atoms with Crippen LogP contribution >= 0.6 is 38.9 Å². The minimum atomic E-state index is 0.245. The fraction of sp³-hybridized carbons (Fsp3) is 0.733. The molecule has 18 heavy (non-hydrogen) atoms. The molecule has 0 nitrogen and oxygen atoms in total. The Labute approximate surface area is 126 Å². The first-order valence-electron chi connectivity index (χ1n) is 7.09. The lowest BCUT2D eigenvalue weighted by atomic mass is 9.51. The number of hydrogen-bond acceptors (Lipinski definition) is 1. The van der Waals surface area contributed by atoms with E-state index < -0.39 is 0 Å². The first kappa shape index (κ1) is 12.2. The van der Waals surface area contributed by atoms with Crippen LogP contribution in [0.3, 0.4) is 0 Å². The minimum absolute atomic E-state index is 0.245. The molecule has 4 aliphatic carbocycles. The summed E-state index contributed by atoms with van der Waals surface area (Å²) in [5.41, 5.74) is 0. The number of hydrogen-bond donors (Lipinski definition) is 0. The Morgan fingerprint density at radius 1 is 1.11 bits per heavy atom. The van der Waals surface area contributed by atoms with Gasteiger partial charge in [-0.2, -0.15) is 0 Å². The zero-order valence-electron chi connectivity index (χ0n) is 10.3. The molecule has 0 radical (unpaired) electrons. The third kappa shape index (κ3) is 1.83. The van der Waals surface area contributed by atoms with Crippen molar-refractivity contribution in [3.63, 3.8) is 0 Å². The lowest BCUT2D eigenvalue weighted by Gasteiger charge is -2.55. The maximum atomic E-state index is 6.88. The van der Waals surface area contributed by atoms with E-state index in [2.05, 4.69) is 27.4 Å². The maximum absolute atomic E-state index is 6.88. The molecule has 0 saturated heterocycles. The molecule has 4 aliphatic rings. The van der Waals surface area contributed by atoms with Gasteiger partial charge in [0.1, 0.15) is 0 Å². The Morgan fingerprint density at radius 3 is 2.22 bits per heavy atom. The fourth-order valence-corrected chi connectivity index (χ4v) is 7.59. The summed E-state index contributed by atoms with van der Waals surface area (Å²) in [5.74, 6) is 4.66. The lowest BCUT2D eigenvalue weighted by Crippen LogP contribution is -2.46. The minimum Gasteiger partial charge on any atom is -0.146 e. The molecule has 4 saturated carbocycles. The number of thiophene rings is 1. The van der Waals surface area contributed by atoms with Crippen molar-refractivity contribution in [1.29, 1.82) is 0 Å². The molecule has 0 N–H and O–H groups in total. The Morgan fingerprint density at radius 2 is 1.72 bits per heavy atom. The van der Waals surface area contributed by atoms with Crippen molar-refractivity contribution in [3.8, 4) is 0 Å². The van der Waals surface area contributed by atoms with E-state index in [1.165, 1.54) is 41.5 Å². The van der Waals surface area contributed by atoms with Crippen LogP contribution in [0.25, 0.3) is 0 Å². The van der Waals surface area contributed by atoms with Gasteiger partial charge in [0.15, 0.2) is 0 Å². The molecular weight excluding hydrogens is 328 g/mol. The van der Waals surface area contributed by atoms with Gasteiger partial charge in [0, 0.05) is 9.35 Å². The summed E-state index contributed by atoms with van der Waals surface area (Å²) >= 11 is 12.4. The van der Waals surface area contributed by atoms with Gasteiger partial charge in [-0.3, -0.25) is 0 Å². The summed E-state index contributed by atoms with van der Waals surface area (Å²) < 4.78 is 1.22. The smallest absolute Gasteiger partial charge is 0.0723 e. The van der Waals surface area contributed by atoms with Gasteiger partial charge in [-0.1, -0.05) is 0 Å². The zero-order chi connectivity index (χ0) is 12.3. The molecule has 0 amide bonds. The monoisotopic (exact) mass is 344 g/mol. The van der Waals surface area contributed by atoms with E-state index in [9.17, 15) is 0 Å². The van der Waals surface area contributed by atoms with Crippen LogP contribution in [0.15, 0.2) is 15.9 Å². The van der Waals surface area contributed by atoms with E-state index in [4.69, 9.17) is 11.6 Å². The third-order valence-corrected chi connectivity index (χ3v) is 8.13. The highest BCUT2D eigenvalue weighted by molar-refractivity contribution is 9.10. The number of halogens is 2. The molecular formula is C15H18BrClS. The van der Waals surface area contributed by atoms with E-state index in [-0.39, 0.29) is 5.38 Å². The fourth-order valence-electron chi connectivity index (χ4n) is 5.12. The summed E-state index contributed by atoms with van der Waals surface area (Å²) in [4.78, 5) is 1.37. The van der Waals surface area contributed by atoms with Crippen LogP contribution < -0.4 is 0 Å². The van der Waals surface area contributed by atoms with E-state index in [0.29, 0.717) is 0 Å². The molecule has 5 rings (SSSR count). The van der Waals surface area contributed by atoms with Gasteiger partial charge < -0.3 is 0 Å². The summed E-state index contributed by atoms with van der Waals surface area (Å²) in [6.07, 6.45) is 7.37. The Bertz CT molecular complexity index is 427.